The van der Waals surface area contributed by atoms with E-state index >= 15 is 0 Å². The van der Waals surface area contributed by atoms with Gasteiger partial charge in [0.2, 0.25) is 0 Å². The molecular formula is C20H26N2OS. The summed E-state index contributed by atoms with van der Waals surface area (Å²) in [6.07, 6.45) is 1.16. The monoisotopic (exact) mass is 342 g/mol. The molecule has 4 heteroatoms. The quantitative estimate of drug-likeness (QED) is 0.794. The van der Waals surface area contributed by atoms with E-state index in [4.69, 9.17) is 0 Å². The molecule has 1 aromatic carbocycles. The fourth-order valence-electron chi connectivity index (χ4n) is 3.08. The standard InChI is InChI=1S/C20H26N2OS/c1-14(2)10-11-21-12-18-15(3)16(4)24-20(18)22(13-21)19(23)17-8-6-5-7-9-17/h5-9,14H,10-13H2,1-4H3. The van der Waals surface area contributed by atoms with Crippen LogP contribution in [-0.2, 0) is 6.54 Å². The van der Waals surface area contributed by atoms with Gasteiger partial charge in [0.05, 0.1) is 6.67 Å². The molecule has 0 fully saturated rings. The van der Waals surface area contributed by atoms with Crippen LogP contribution < -0.4 is 4.90 Å². The Kier molecular flexibility index (Phi) is 5.07. The number of aryl methyl sites for hydroxylation is 1. The molecule has 0 atom stereocenters. The first kappa shape index (κ1) is 17.2. The van der Waals surface area contributed by atoms with E-state index in [1.54, 1.807) is 11.3 Å². The summed E-state index contributed by atoms with van der Waals surface area (Å²) in [5.41, 5.74) is 3.43. The first-order valence-corrected chi connectivity index (χ1v) is 9.47. The Labute approximate surface area is 148 Å². The number of amides is 1. The zero-order chi connectivity index (χ0) is 17.3. The zero-order valence-electron chi connectivity index (χ0n) is 15.0. The van der Waals surface area contributed by atoms with Crippen LogP contribution in [0.25, 0.3) is 0 Å². The van der Waals surface area contributed by atoms with E-state index in [-0.39, 0.29) is 5.91 Å². The second-order valence-corrected chi connectivity index (χ2v) is 8.25. The van der Waals surface area contributed by atoms with Crippen molar-refractivity contribution in [3.05, 3.63) is 51.9 Å². The highest BCUT2D eigenvalue weighted by atomic mass is 32.1. The first-order valence-electron chi connectivity index (χ1n) is 8.65. The zero-order valence-corrected chi connectivity index (χ0v) is 15.8. The predicted octanol–water partition coefficient (Wildman–Crippen LogP) is 4.83. The average Bonchev–Trinajstić information content (AvgIpc) is 2.87. The van der Waals surface area contributed by atoms with Gasteiger partial charge in [0, 0.05) is 29.1 Å². The summed E-state index contributed by atoms with van der Waals surface area (Å²) in [5, 5.41) is 1.14. The van der Waals surface area contributed by atoms with Crippen LogP contribution in [0, 0.1) is 19.8 Å². The molecule has 0 saturated carbocycles. The van der Waals surface area contributed by atoms with Gasteiger partial charge in [0.15, 0.2) is 0 Å². The third-order valence-electron chi connectivity index (χ3n) is 4.75. The summed E-state index contributed by atoms with van der Waals surface area (Å²) in [5.74, 6) is 0.780. The minimum absolute atomic E-state index is 0.104. The van der Waals surface area contributed by atoms with Crippen LogP contribution >= 0.6 is 11.3 Å². The molecule has 3 nitrogen and oxygen atoms in total. The number of hydrogen-bond donors (Lipinski definition) is 0. The first-order chi connectivity index (χ1) is 11.5. The lowest BCUT2D eigenvalue weighted by molar-refractivity contribution is 0.0958. The molecule has 0 bridgehead atoms. The third kappa shape index (κ3) is 3.40. The summed E-state index contributed by atoms with van der Waals surface area (Å²) < 4.78 is 0. The normalized spacial score (nSPS) is 15.0. The molecule has 2 aromatic rings. The fourth-order valence-corrected chi connectivity index (χ4v) is 4.24. The Morgan fingerprint density at radius 3 is 2.58 bits per heavy atom. The van der Waals surface area contributed by atoms with Gasteiger partial charge in [-0.1, -0.05) is 32.0 Å². The molecule has 3 rings (SSSR count). The molecule has 1 aliphatic rings. The molecule has 2 heterocycles. The Morgan fingerprint density at radius 2 is 1.92 bits per heavy atom. The van der Waals surface area contributed by atoms with Crippen molar-refractivity contribution < 1.29 is 4.79 Å². The molecule has 0 spiro atoms. The Bertz CT molecular complexity index is 721. The summed E-state index contributed by atoms with van der Waals surface area (Å²) in [7, 11) is 0. The molecular weight excluding hydrogens is 316 g/mol. The highest BCUT2D eigenvalue weighted by Gasteiger charge is 2.31. The van der Waals surface area contributed by atoms with Crippen molar-refractivity contribution in [1.82, 2.24) is 4.90 Å². The number of benzene rings is 1. The van der Waals surface area contributed by atoms with Gasteiger partial charge in [-0.2, -0.15) is 0 Å². The maximum Gasteiger partial charge on any atom is 0.260 e. The molecule has 1 aromatic heterocycles. The van der Waals surface area contributed by atoms with Gasteiger partial charge in [0.25, 0.3) is 5.91 Å². The molecule has 0 saturated heterocycles. The lowest BCUT2D eigenvalue weighted by Gasteiger charge is -2.36. The van der Waals surface area contributed by atoms with Crippen molar-refractivity contribution >= 4 is 22.2 Å². The van der Waals surface area contributed by atoms with Crippen molar-refractivity contribution in [2.75, 3.05) is 18.1 Å². The van der Waals surface area contributed by atoms with Crippen molar-refractivity contribution in [1.29, 1.82) is 0 Å². The van der Waals surface area contributed by atoms with Gasteiger partial charge in [-0.25, -0.2) is 0 Å². The van der Waals surface area contributed by atoms with Crippen LogP contribution in [0.2, 0.25) is 0 Å². The minimum Gasteiger partial charge on any atom is -0.286 e. The number of thiophene rings is 1. The number of anilines is 1. The number of hydrogen-bond acceptors (Lipinski definition) is 3. The molecule has 0 unspecified atom stereocenters. The molecule has 1 aliphatic heterocycles. The molecule has 0 aliphatic carbocycles. The second kappa shape index (κ2) is 7.08. The SMILES string of the molecule is Cc1sc2c(c1C)CN(CCC(C)C)CN2C(=O)c1ccccc1. The van der Waals surface area contributed by atoms with Gasteiger partial charge in [-0.15, -0.1) is 11.3 Å². The largest absolute Gasteiger partial charge is 0.286 e. The maximum atomic E-state index is 13.1. The van der Waals surface area contributed by atoms with Crippen molar-refractivity contribution in [3.63, 3.8) is 0 Å². The molecule has 0 N–H and O–H groups in total. The van der Waals surface area contributed by atoms with E-state index in [1.807, 2.05) is 35.2 Å². The summed E-state index contributed by atoms with van der Waals surface area (Å²) in [4.78, 5) is 18.8. The van der Waals surface area contributed by atoms with Crippen LogP contribution in [-0.4, -0.2) is 24.0 Å². The van der Waals surface area contributed by atoms with E-state index < -0.39 is 0 Å². The minimum atomic E-state index is 0.104. The summed E-state index contributed by atoms with van der Waals surface area (Å²) in [6, 6.07) is 9.62. The van der Waals surface area contributed by atoms with Gasteiger partial charge < -0.3 is 0 Å². The number of carbonyl (C=O) groups is 1. The molecule has 24 heavy (non-hydrogen) atoms. The van der Waals surface area contributed by atoms with Crippen LogP contribution in [0.1, 0.15) is 46.6 Å². The highest BCUT2D eigenvalue weighted by Crippen LogP contribution is 2.39. The van der Waals surface area contributed by atoms with Gasteiger partial charge in [-0.05, 0) is 43.9 Å². The average molecular weight is 343 g/mol. The maximum absolute atomic E-state index is 13.1. The van der Waals surface area contributed by atoms with E-state index in [0.29, 0.717) is 12.6 Å². The van der Waals surface area contributed by atoms with Crippen LogP contribution in [0.4, 0.5) is 5.00 Å². The number of rotatable bonds is 4. The van der Waals surface area contributed by atoms with Crippen molar-refractivity contribution in [3.8, 4) is 0 Å². The topological polar surface area (TPSA) is 23.6 Å². The molecule has 128 valence electrons. The lowest BCUT2D eigenvalue weighted by Crippen LogP contribution is -2.45. The second-order valence-electron chi connectivity index (χ2n) is 7.04. The molecule has 0 radical (unpaired) electrons. The van der Waals surface area contributed by atoms with Crippen LogP contribution in [0.3, 0.4) is 0 Å². The van der Waals surface area contributed by atoms with E-state index in [2.05, 4.69) is 32.6 Å². The summed E-state index contributed by atoms with van der Waals surface area (Å²) >= 11 is 1.75. The lowest BCUT2D eigenvalue weighted by atomic mass is 10.1. The number of fused-ring (bicyclic) bond motifs is 1. The van der Waals surface area contributed by atoms with Gasteiger partial charge in [-0.3, -0.25) is 14.6 Å². The fraction of sp³-hybridized carbons (Fsp3) is 0.450. The summed E-state index contributed by atoms with van der Waals surface area (Å²) in [6.45, 7) is 11.5. The van der Waals surface area contributed by atoms with Crippen LogP contribution in [0.15, 0.2) is 30.3 Å². The number of nitrogens with zero attached hydrogens (tertiary/aromatic N) is 2. The third-order valence-corrected chi connectivity index (χ3v) is 6.02. The Hall–Kier alpha value is -1.65. The smallest absolute Gasteiger partial charge is 0.260 e. The van der Waals surface area contributed by atoms with E-state index in [9.17, 15) is 4.79 Å². The van der Waals surface area contributed by atoms with Gasteiger partial charge >= 0.3 is 0 Å². The Balaban J connectivity index is 1.92. The van der Waals surface area contributed by atoms with Crippen molar-refractivity contribution in [2.45, 2.75) is 40.7 Å². The Morgan fingerprint density at radius 1 is 1.21 bits per heavy atom. The highest BCUT2D eigenvalue weighted by molar-refractivity contribution is 7.16. The number of carbonyl (C=O) groups excluding carboxylic acids is 1. The molecule has 1 amide bonds. The van der Waals surface area contributed by atoms with Crippen molar-refractivity contribution in [2.24, 2.45) is 5.92 Å². The van der Waals surface area contributed by atoms with E-state index in [1.165, 1.54) is 16.0 Å². The van der Waals surface area contributed by atoms with E-state index in [0.717, 1.165) is 30.1 Å². The predicted molar refractivity (Wildman–Crippen MR) is 102 cm³/mol. The van der Waals surface area contributed by atoms with Crippen LogP contribution in [0.5, 0.6) is 0 Å². The van der Waals surface area contributed by atoms with Gasteiger partial charge in [0.1, 0.15) is 5.00 Å².